The third kappa shape index (κ3) is 4.63. The van der Waals surface area contributed by atoms with Gasteiger partial charge in [0.05, 0.1) is 40.6 Å². The topological polar surface area (TPSA) is 128 Å². The maximum Gasteiger partial charge on any atom is 0.253 e. The van der Waals surface area contributed by atoms with Gasteiger partial charge >= 0.3 is 0 Å². The van der Waals surface area contributed by atoms with Crippen LogP contribution in [0.2, 0.25) is 0 Å². The number of nitrogens with two attached hydrogens (primary N) is 1. The number of rotatable bonds is 8. The number of nitrogens with one attached hydrogen (secondary N) is 1. The molecule has 11 heteroatoms. The quantitative estimate of drug-likeness (QED) is 0.355. The Kier molecular flexibility index (Phi) is 6.89. The van der Waals surface area contributed by atoms with E-state index in [1.54, 1.807) is 24.0 Å². The van der Waals surface area contributed by atoms with Gasteiger partial charge in [0.1, 0.15) is 4.83 Å². The first kappa shape index (κ1) is 25.8. The summed E-state index contributed by atoms with van der Waals surface area (Å²) in [5.41, 5.74) is 9.38. The van der Waals surface area contributed by atoms with E-state index in [0.29, 0.717) is 45.3 Å². The normalized spacial score (nSPS) is 15.2. The second-order valence-electron chi connectivity index (χ2n) is 10.00. The molecule has 5 rings (SSSR count). The van der Waals surface area contributed by atoms with Crippen molar-refractivity contribution in [1.82, 2.24) is 29.8 Å². The molecule has 1 saturated heterocycles. The van der Waals surface area contributed by atoms with E-state index in [0.717, 1.165) is 30.0 Å². The van der Waals surface area contributed by atoms with E-state index in [1.165, 1.54) is 24.0 Å². The molecule has 0 saturated carbocycles. The third-order valence-electron chi connectivity index (χ3n) is 7.17. The van der Waals surface area contributed by atoms with E-state index >= 15 is 0 Å². The lowest BCUT2D eigenvalue weighted by Gasteiger charge is -2.31. The Labute approximate surface area is 224 Å². The molecule has 38 heavy (non-hydrogen) atoms. The van der Waals surface area contributed by atoms with Gasteiger partial charge in [0.25, 0.3) is 11.8 Å². The highest BCUT2D eigenvalue weighted by molar-refractivity contribution is 7.21. The maximum absolute atomic E-state index is 13.1. The Hall–Kier alpha value is -3.83. The number of primary amides is 1. The third-order valence-corrected chi connectivity index (χ3v) is 8.37. The van der Waals surface area contributed by atoms with Crippen LogP contribution in [0.5, 0.6) is 5.88 Å². The first-order valence-electron chi connectivity index (χ1n) is 12.5. The molecule has 198 valence electrons. The molecule has 4 aromatic rings. The molecule has 0 bridgehead atoms. The molecule has 0 radical (unpaired) electrons. The van der Waals surface area contributed by atoms with Crippen LogP contribution in [0.1, 0.15) is 53.1 Å². The number of nitrogens with zero attached hydrogens (tertiary/aromatic N) is 5. The molecule has 2 amide bonds. The van der Waals surface area contributed by atoms with Crippen molar-refractivity contribution in [1.29, 1.82) is 0 Å². The Balaban J connectivity index is 1.53. The van der Waals surface area contributed by atoms with E-state index in [2.05, 4.69) is 39.1 Å². The summed E-state index contributed by atoms with van der Waals surface area (Å²) in [4.78, 5) is 37.9. The number of carbonyl (C=O) groups is 2. The van der Waals surface area contributed by atoms with Crippen LogP contribution in [0, 0.1) is 6.92 Å². The van der Waals surface area contributed by atoms with Gasteiger partial charge in [0, 0.05) is 42.3 Å². The van der Waals surface area contributed by atoms with Gasteiger partial charge in [0.2, 0.25) is 5.88 Å². The zero-order valence-corrected chi connectivity index (χ0v) is 22.8. The van der Waals surface area contributed by atoms with Crippen LogP contribution in [0.4, 0.5) is 0 Å². The first-order chi connectivity index (χ1) is 18.2. The van der Waals surface area contributed by atoms with Crippen molar-refractivity contribution in [3.8, 4) is 27.6 Å². The molecule has 0 spiro atoms. The van der Waals surface area contributed by atoms with Gasteiger partial charge in [-0.1, -0.05) is 0 Å². The molecule has 10 nitrogen and oxygen atoms in total. The number of thiazole rings is 1. The molecule has 0 aliphatic carbocycles. The number of aryl methyl sites for hydroxylation is 1. The van der Waals surface area contributed by atoms with Crippen LogP contribution < -0.4 is 15.8 Å². The number of amides is 2. The van der Waals surface area contributed by atoms with Gasteiger partial charge in [-0.15, -0.1) is 11.3 Å². The van der Waals surface area contributed by atoms with Crippen molar-refractivity contribution >= 4 is 28.0 Å². The van der Waals surface area contributed by atoms with Gasteiger partial charge in [-0.3, -0.25) is 19.5 Å². The highest BCUT2D eigenvalue weighted by atomic mass is 32.1. The van der Waals surface area contributed by atoms with Gasteiger partial charge in [-0.2, -0.15) is 5.10 Å². The number of aromatic nitrogens is 4. The summed E-state index contributed by atoms with van der Waals surface area (Å²) in [5, 5.41) is 7.52. The van der Waals surface area contributed by atoms with Gasteiger partial charge in [-0.25, -0.2) is 9.50 Å². The Bertz CT molecular complexity index is 1520. The van der Waals surface area contributed by atoms with E-state index < -0.39 is 5.91 Å². The fraction of sp³-hybridized carbons (Fsp3) is 0.370. The molecule has 1 aliphatic heterocycles. The van der Waals surface area contributed by atoms with Crippen LogP contribution in [0.25, 0.3) is 26.5 Å². The molecule has 3 N–H and O–H groups in total. The lowest BCUT2D eigenvalue weighted by atomic mass is 10.0. The van der Waals surface area contributed by atoms with Crippen LogP contribution in [-0.2, 0) is 0 Å². The van der Waals surface area contributed by atoms with Crippen LogP contribution in [0.15, 0.2) is 36.8 Å². The van der Waals surface area contributed by atoms with Crippen molar-refractivity contribution in [2.75, 3.05) is 26.7 Å². The summed E-state index contributed by atoms with van der Waals surface area (Å²) < 4.78 is 7.20. The minimum atomic E-state index is -0.568. The number of hydrogen-bond acceptors (Lipinski definition) is 8. The summed E-state index contributed by atoms with van der Waals surface area (Å²) in [6.45, 7) is 8.75. The van der Waals surface area contributed by atoms with Crippen molar-refractivity contribution < 1.29 is 14.3 Å². The fourth-order valence-electron chi connectivity index (χ4n) is 5.03. The maximum atomic E-state index is 13.1. The minimum Gasteiger partial charge on any atom is -0.481 e. The Morgan fingerprint density at radius 2 is 2.05 bits per heavy atom. The standard InChI is InChI=1S/C27H31N7O3S/c1-16-19(13-17(14-31-16)24(36)29-10-12-33-11-6-8-27(33,2)3)21-22(18-7-5-9-30-25(18)37-4)38-26-20(23(28)35)15-32-34(21)26/h5,7,9,13-15H,6,8,10-12H2,1-4H3,(H2,28,35)(H,29,36). The molecule has 5 heterocycles. The van der Waals surface area contributed by atoms with Gasteiger partial charge in [-0.05, 0) is 58.4 Å². The lowest BCUT2D eigenvalue weighted by Crippen LogP contribution is -2.43. The predicted octanol–water partition coefficient (Wildman–Crippen LogP) is 3.54. The molecule has 4 aromatic heterocycles. The molecule has 0 aromatic carbocycles. The monoisotopic (exact) mass is 533 g/mol. The number of ether oxygens (including phenoxy) is 1. The highest BCUT2D eigenvalue weighted by Gasteiger charge is 2.31. The predicted molar refractivity (Wildman–Crippen MR) is 147 cm³/mol. The molecule has 0 unspecified atom stereocenters. The number of pyridine rings is 2. The molecular formula is C27H31N7O3S. The van der Waals surface area contributed by atoms with Crippen molar-refractivity contribution in [2.45, 2.75) is 39.2 Å². The summed E-state index contributed by atoms with van der Waals surface area (Å²) >= 11 is 1.36. The molecule has 1 fully saturated rings. The Morgan fingerprint density at radius 1 is 1.24 bits per heavy atom. The number of methoxy groups -OCH3 is 1. The van der Waals surface area contributed by atoms with Crippen molar-refractivity contribution in [2.24, 2.45) is 5.73 Å². The highest BCUT2D eigenvalue weighted by Crippen LogP contribution is 2.43. The summed E-state index contributed by atoms with van der Waals surface area (Å²) in [6, 6.07) is 5.52. The Morgan fingerprint density at radius 3 is 2.76 bits per heavy atom. The summed E-state index contributed by atoms with van der Waals surface area (Å²) in [7, 11) is 1.56. The second-order valence-corrected chi connectivity index (χ2v) is 11.0. The van der Waals surface area contributed by atoms with Crippen molar-refractivity contribution in [3.63, 3.8) is 0 Å². The van der Waals surface area contributed by atoms with E-state index in [9.17, 15) is 9.59 Å². The summed E-state index contributed by atoms with van der Waals surface area (Å²) in [6.07, 6.45) is 7.03. The van der Waals surface area contributed by atoms with Crippen LogP contribution in [-0.4, -0.2) is 68.6 Å². The van der Waals surface area contributed by atoms with E-state index in [-0.39, 0.29) is 11.4 Å². The molecular weight excluding hydrogens is 502 g/mol. The number of carbonyl (C=O) groups excluding carboxylic acids is 2. The number of hydrogen-bond donors (Lipinski definition) is 2. The average Bonchev–Trinajstić information content (AvgIpc) is 3.57. The molecule has 0 atom stereocenters. The fourth-order valence-corrected chi connectivity index (χ4v) is 6.27. The van der Waals surface area contributed by atoms with Crippen LogP contribution in [0.3, 0.4) is 0 Å². The minimum absolute atomic E-state index is 0.158. The van der Waals surface area contributed by atoms with Crippen LogP contribution >= 0.6 is 11.3 Å². The van der Waals surface area contributed by atoms with E-state index in [4.69, 9.17) is 10.5 Å². The smallest absolute Gasteiger partial charge is 0.253 e. The largest absolute Gasteiger partial charge is 0.481 e. The summed E-state index contributed by atoms with van der Waals surface area (Å²) in [5.74, 6) is -0.328. The molecule has 1 aliphatic rings. The van der Waals surface area contributed by atoms with Gasteiger partial charge < -0.3 is 15.8 Å². The number of fused-ring (bicyclic) bond motifs is 1. The number of likely N-dealkylation sites (tertiary alicyclic amines) is 1. The second kappa shape index (κ2) is 10.1. The SMILES string of the molecule is COc1ncccc1-c1sc2c(C(N)=O)cnn2c1-c1cc(C(=O)NCCN2CCCC2(C)C)cnc1C. The lowest BCUT2D eigenvalue weighted by molar-refractivity contribution is 0.0939. The first-order valence-corrected chi connectivity index (χ1v) is 13.3. The van der Waals surface area contributed by atoms with Crippen molar-refractivity contribution in [3.05, 3.63) is 53.6 Å². The van der Waals surface area contributed by atoms with Gasteiger partial charge in [0.15, 0.2) is 0 Å². The zero-order valence-electron chi connectivity index (χ0n) is 21.9. The van der Waals surface area contributed by atoms with E-state index in [1.807, 2.05) is 25.1 Å². The zero-order chi connectivity index (χ0) is 27.0. The average molecular weight is 534 g/mol.